The van der Waals surface area contributed by atoms with Gasteiger partial charge in [0.15, 0.2) is 6.29 Å². The van der Waals surface area contributed by atoms with E-state index >= 15 is 0 Å². The van der Waals surface area contributed by atoms with E-state index < -0.39 is 6.29 Å². The first-order valence-electron chi connectivity index (χ1n) is 3.83. The Kier molecular flexibility index (Phi) is 3.02. The molecule has 64 valence electrons. The van der Waals surface area contributed by atoms with Gasteiger partial charge in [-0.1, -0.05) is 36.4 Å². The van der Waals surface area contributed by atoms with Gasteiger partial charge in [0.2, 0.25) is 0 Å². The van der Waals surface area contributed by atoms with E-state index in [2.05, 4.69) is 0 Å². The molecule has 1 rings (SSSR count). The predicted octanol–water partition coefficient (Wildman–Crippen LogP) is 1.70. The molecule has 0 radical (unpaired) electrons. The molecule has 0 aliphatic rings. The lowest BCUT2D eigenvalue weighted by molar-refractivity contribution is -0.0424. The van der Waals surface area contributed by atoms with Crippen LogP contribution in [0.5, 0.6) is 0 Å². The van der Waals surface area contributed by atoms with E-state index in [0.29, 0.717) is 5.56 Å². The van der Waals surface area contributed by atoms with Crippen LogP contribution in [0.2, 0.25) is 0 Å². The van der Waals surface area contributed by atoms with Gasteiger partial charge >= 0.3 is 0 Å². The lowest BCUT2D eigenvalue weighted by atomic mass is 10.1. The fourth-order valence-corrected chi connectivity index (χ4v) is 0.972. The number of allylic oxidation sites excluding steroid dienone is 1. The van der Waals surface area contributed by atoms with Crippen molar-refractivity contribution in [3.8, 4) is 0 Å². The maximum absolute atomic E-state index is 8.78. The summed E-state index contributed by atoms with van der Waals surface area (Å²) >= 11 is 0. The molecule has 0 aliphatic carbocycles. The second-order valence-electron chi connectivity index (χ2n) is 2.54. The van der Waals surface area contributed by atoms with E-state index in [1.54, 1.807) is 12.1 Å². The maximum atomic E-state index is 8.78. The standard InChI is InChI=1S/C10H12O2/c1-2-3-8-4-6-9(7-5-8)10(11)12/h2-7,10-12H,1H3/b3-2+. The summed E-state index contributed by atoms with van der Waals surface area (Å²) < 4.78 is 0. The van der Waals surface area contributed by atoms with Crippen molar-refractivity contribution in [1.29, 1.82) is 0 Å². The zero-order valence-corrected chi connectivity index (χ0v) is 6.94. The van der Waals surface area contributed by atoms with Crippen molar-refractivity contribution in [2.45, 2.75) is 13.2 Å². The van der Waals surface area contributed by atoms with Crippen molar-refractivity contribution in [3.05, 3.63) is 41.5 Å². The Morgan fingerprint density at radius 1 is 1.17 bits per heavy atom. The maximum Gasteiger partial charge on any atom is 0.178 e. The molecule has 12 heavy (non-hydrogen) atoms. The molecule has 2 N–H and O–H groups in total. The van der Waals surface area contributed by atoms with E-state index in [4.69, 9.17) is 10.2 Å². The molecular weight excluding hydrogens is 152 g/mol. The van der Waals surface area contributed by atoms with Crippen LogP contribution in [-0.4, -0.2) is 10.2 Å². The molecule has 0 unspecified atom stereocenters. The first-order valence-corrected chi connectivity index (χ1v) is 3.83. The third-order valence-corrected chi connectivity index (χ3v) is 1.59. The predicted molar refractivity (Wildman–Crippen MR) is 48.3 cm³/mol. The average Bonchev–Trinajstić information content (AvgIpc) is 2.06. The summed E-state index contributed by atoms with van der Waals surface area (Å²) in [6.45, 7) is 1.94. The van der Waals surface area contributed by atoms with Gasteiger partial charge in [0.05, 0.1) is 0 Å². The van der Waals surface area contributed by atoms with Gasteiger partial charge in [-0.25, -0.2) is 0 Å². The molecule has 0 heterocycles. The smallest absolute Gasteiger partial charge is 0.178 e. The van der Waals surface area contributed by atoms with Crippen LogP contribution in [0, 0.1) is 0 Å². The summed E-state index contributed by atoms with van der Waals surface area (Å²) in [5, 5.41) is 17.6. The summed E-state index contributed by atoms with van der Waals surface area (Å²) in [6.07, 6.45) is 2.52. The monoisotopic (exact) mass is 164 g/mol. The second-order valence-corrected chi connectivity index (χ2v) is 2.54. The fourth-order valence-electron chi connectivity index (χ4n) is 0.972. The summed E-state index contributed by atoms with van der Waals surface area (Å²) in [5.41, 5.74) is 1.57. The number of aliphatic hydroxyl groups excluding tert-OH is 1. The molecule has 1 aromatic carbocycles. The van der Waals surface area contributed by atoms with E-state index in [-0.39, 0.29) is 0 Å². The number of hydrogen-bond acceptors (Lipinski definition) is 2. The van der Waals surface area contributed by atoms with Crippen LogP contribution in [-0.2, 0) is 0 Å². The summed E-state index contributed by atoms with van der Waals surface area (Å²) in [6, 6.07) is 7.07. The van der Waals surface area contributed by atoms with Crippen LogP contribution in [0.25, 0.3) is 6.08 Å². The Labute approximate surface area is 71.8 Å². The average molecular weight is 164 g/mol. The summed E-state index contributed by atoms with van der Waals surface area (Å²) in [4.78, 5) is 0. The molecule has 0 saturated heterocycles. The first kappa shape index (κ1) is 8.97. The first-order chi connectivity index (χ1) is 5.74. The molecule has 0 amide bonds. The van der Waals surface area contributed by atoms with Crippen LogP contribution in [0.1, 0.15) is 24.3 Å². The van der Waals surface area contributed by atoms with Gasteiger partial charge in [-0.2, -0.15) is 0 Å². The van der Waals surface area contributed by atoms with Crippen LogP contribution in [0.4, 0.5) is 0 Å². The molecule has 0 fully saturated rings. The van der Waals surface area contributed by atoms with E-state index in [1.165, 1.54) is 0 Å². The van der Waals surface area contributed by atoms with E-state index in [0.717, 1.165) is 5.56 Å². The van der Waals surface area contributed by atoms with Crippen molar-refractivity contribution in [2.24, 2.45) is 0 Å². The molecular formula is C10H12O2. The van der Waals surface area contributed by atoms with Crippen molar-refractivity contribution < 1.29 is 10.2 Å². The van der Waals surface area contributed by atoms with E-state index in [1.807, 2.05) is 31.2 Å². The second kappa shape index (κ2) is 4.04. The van der Waals surface area contributed by atoms with Gasteiger partial charge in [-0.05, 0) is 12.5 Å². The number of benzene rings is 1. The van der Waals surface area contributed by atoms with Crippen molar-refractivity contribution in [2.75, 3.05) is 0 Å². The van der Waals surface area contributed by atoms with Crippen molar-refractivity contribution >= 4 is 6.08 Å². The number of rotatable bonds is 2. The molecule has 0 bridgehead atoms. The highest BCUT2D eigenvalue weighted by Crippen LogP contribution is 2.11. The quantitative estimate of drug-likeness (QED) is 0.653. The molecule has 0 spiro atoms. The van der Waals surface area contributed by atoms with Crippen molar-refractivity contribution in [1.82, 2.24) is 0 Å². The Hall–Kier alpha value is -1.12. The molecule has 0 aliphatic heterocycles. The summed E-state index contributed by atoms with van der Waals surface area (Å²) in [5.74, 6) is 0. The lowest BCUT2D eigenvalue weighted by Crippen LogP contribution is -1.93. The van der Waals surface area contributed by atoms with Gasteiger partial charge in [0, 0.05) is 5.56 Å². The third-order valence-electron chi connectivity index (χ3n) is 1.59. The molecule has 0 saturated carbocycles. The van der Waals surface area contributed by atoms with Gasteiger partial charge in [-0.3, -0.25) is 0 Å². The Morgan fingerprint density at radius 3 is 2.17 bits per heavy atom. The summed E-state index contributed by atoms with van der Waals surface area (Å²) in [7, 11) is 0. The van der Waals surface area contributed by atoms with Gasteiger partial charge < -0.3 is 10.2 Å². The molecule has 1 aromatic rings. The Balaban J connectivity index is 2.85. The minimum absolute atomic E-state index is 0.517. The van der Waals surface area contributed by atoms with Gasteiger partial charge in [0.25, 0.3) is 0 Å². The zero-order chi connectivity index (χ0) is 8.97. The number of hydrogen-bond donors (Lipinski definition) is 2. The molecule has 2 heteroatoms. The SMILES string of the molecule is C/C=C/c1ccc(C(O)O)cc1. The molecule has 0 atom stereocenters. The minimum Gasteiger partial charge on any atom is -0.364 e. The Bertz CT molecular complexity index is 260. The fraction of sp³-hybridized carbons (Fsp3) is 0.200. The highest BCUT2D eigenvalue weighted by molar-refractivity contribution is 5.49. The van der Waals surface area contributed by atoms with Crippen LogP contribution >= 0.6 is 0 Å². The lowest BCUT2D eigenvalue weighted by Gasteiger charge is -2.02. The van der Waals surface area contributed by atoms with Crippen LogP contribution in [0.3, 0.4) is 0 Å². The van der Waals surface area contributed by atoms with Gasteiger partial charge in [0.1, 0.15) is 0 Å². The van der Waals surface area contributed by atoms with Gasteiger partial charge in [-0.15, -0.1) is 0 Å². The van der Waals surface area contributed by atoms with E-state index in [9.17, 15) is 0 Å². The molecule has 0 aromatic heterocycles. The normalized spacial score (nSPS) is 11.3. The highest BCUT2D eigenvalue weighted by Gasteiger charge is 1.99. The Morgan fingerprint density at radius 2 is 1.75 bits per heavy atom. The topological polar surface area (TPSA) is 40.5 Å². The number of aliphatic hydroxyl groups is 2. The third kappa shape index (κ3) is 2.19. The zero-order valence-electron chi connectivity index (χ0n) is 6.94. The largest absolute Gasteiger partial charge is 0.364 e. The van der Waals surface area contributed by atoms with Crippen molar-refractivity contribution in [3.63, 3.8) is 0 Å². The van der Waals surface area contributed by atoms with Crippen LogP contribution < -0.4 is 0 Å². The highest BCUT2D eigenvalue weighted by atomic mass is 16.5. The molecule has 2 nitrogen and oxygen atoms in total. The minimum atomic E-state index is -1.37. The van der Waals surface area contributed by atoms with Crippen LogP contribution in [0.15, 0.2) is 30.3 Å².